The lowest BCUT2D eigenvalue weighted by atomic mass is 10.1. The average Bonchev–Trinajstić information content (AvgIpc) is 2.59. The fraction of sp³-hybridized carbons (Fsp3) is 0.500. The number of H-pyrrole nitrogens is 2. The zero-order chi connectivity index (χ0) is 12.6. The number of nitrogens with one attached hydrogen (secondary N) is 2. The average molecular weight is 239 g/mol. The Balaban J connectivity index is 2.45. The molecule has 92 valence electrons. The Kier molecular flexibility index (Phi) is 2.84. The van der Waals surface area contributed by atoms with E-state index in [0.717, 1.165) is 0 Å². The highest BCUT2D eigenvalue weighted by Gasteiger charge is 2.32. The Hall–Kier alpha value is -1.89. The summed E-state index contributed by atoms with van der Waals surface area (Å²) in [7, 11) is 0. The van der Waals surface area contributed by atoms with Crippen LogP contribution in [0.5, 0.6) is 0 Å². The fourth-order valence-corrected chi connectivity index (χ4v) is 2.04. The lowest BCUT2D eigenvalue weighted by Gasteiger charge is -2.16. The predicted molar refractivity (Wildman–Crippen MR) is 60.0 cm³/mol. The zero-order valence-corrected chi connectivity index (χ0v) is 9.32. The van der Waals surface area contributed by atoms with E-state index in [1.165, 1.54) is 4.90 Å². The van der Waals surface area contributed by atoms with Crippen molar-refractivity contribution in [2.45, 2.75) is 13.3 Å². The number of aromatic nitrogens is 2. The molecule has 0 aromatic carbocycles. The number of carbonyl (C=O) groups is 1. The molecular weight excluding hydrogens is 226 g/mol. The van der Waals surface area contributed by atoms with Crippen molar-refractivity contribution < 1.29 is 9.90 Å². The molecule has 1 fully saturated rings. The van der Waals surface area contributed by atoms with Crippen LogP contribution in [0.2, 0.25) is 0 Å². The highest BCUT2D eigenvalue weighted by Crippen LogP contribution is 2.23. The molecule has 2 heterocycles. The zero-order valence-electron chi connectivity index (χ0n) is 9.32. The van der Waals surface area contributed by atoms with E-state index >= 15 is 0 Å². The Morgan fingerprint density at radius 1 is 1.35 bits per heavy atom. The van der Waals surface area contributed by atoms with Crippen molar-refractivity contribution in [3.8, 4) is 0 Å². The Morgan fingerprint density at radius 2 is 2.06 bits per heavy atom. The van der Waals surface area contributed by atoms with Gasteiger partial charge < -0.3 is 15.0 Å². The van der Waals surface area contributed by atoms with Gasteiger partial charge in [0.25, 0.3) is 5.56 Å². The normalized spacial score (nSPS) is 20.0. The predicted octanol–water partition coefficient (Wildman–Crippen LogP) is -1.28. The van der Waals surface area contributed by atoms with E-state index in [1.807, 2.05) is 0 Å². The quantitative estimate of drug-likeness (QED) is 0.597. The summed E-state index contributed by atoms with van der Waals surface area (Å²) in [6, 6.07) is 0. The van der Waals surface area contributed by atoms with Crippen LogP contribution in [-0.2, 0) is 4.79 Å². The number of carbonyl (C=O) groups excluding carboxylic acids is 1. The molecule has 7 heteroatoms. The molecule has 7 nitrogen and oxygen atoms in total. The number of hydrogen-bond donors (Lipinski definition) is 3. The number of aliphatic hydroxyl groups is 1. The standard InChI is InChI=1S/C10H13N3O4/c1-5-8(9(16)12-10(17)11-5)13-3-6(4-14)2-7(13)15/h6,14H,2-4H2,1H3,(H2,11,12,16,17). The smallest absolute Gasteiger partial charge is 0.326 e. The molecule has 1 aliphatic rings. The van der Waals surface area contributed by atoms with E-state index in [2.05, 4.69) is 9.97 Å². The van der Waals surface area contributed by atoms with E-state index < -0.39 is 11.2 Å². The number of aromatic amines is 2. The van der Waals surface area contributed by atoms with Crippen LogP contribution in [0.3, 0.4) is 0 Å². The second kappa shape index (κ2) is 4.17. The molecule has 1 amide bonds. The molecule has 1 aromatic heterocycles. The highest BCUT2D eigenvalue weighted by atomic mass is 16.3. The van der Waals surface area contributed by atoms with Crippen LogP contribution in [0, 0.1) is 12.8 Å². The Morgan fingerprint density at radius 3 is 2.59 bits per heavy atom. The van der Waals surface area contributed by atoms with Gasteiger partial charge in [0, 0.05) is 31.2 Å². The minimum Gasteiger partial charge on any atom is -0.396 e. The summed E-state index contributed by atoms with van der Waals surface area (Å²) in [5.41, 5.74) is -0.670. The first-order valence-electron chi connectivity index (χ1n) is 5.27. The van der Waals surface area contributed by atoms with Crippen molar-refractivity contribution in [2.24, 2.45) is 5.92 Å². The SMILES string of the molecule is Cc1[nH]c(=O)[nH]c(=O)c1N1CC(CO)CC1=O. The summed E-state index contributed by atoms with van der Waals surface area (Å²) in [5.74, 6) is -0.377. The maximum Gasteiger partial charge on any atom is 0.326 e. The monoisotopic (exact) mass is 239 g/mol. The minimum absolute atomic E-state index is 0.0947. The minimum atomic E-state index is -0.596. The van der Waals surface area contributed by atoms with Gasteiger partial charge in [-0.05, 0) is 6.92 Å². The van der Waals surface area contributed by atoms with E-state index in [9.17, 15) is 14.4 Å². The molecule has 0 saturated carbocycles. The maximum absolute atomic E-state index is 11.7. The topological polar surface area (TPSA) is 106 Å². The Labute approximate surface area is 96.1 Å². The first-order valence-corrected chi connectivity index (χ1v) is 5.27. The lowest BCUT2D eigenvalue weighted by molar-refractivity contribution is -0.117. The van der Waals surface area contributed by atoms with Crippen molar-refractivity contribution in [2.75, 3.05) is 18.1 Å². The summed E-state index contributed by atoms with van der Waals surface area (Å²) in [6.07, 6.45) is 0.217. The molecule has 1 aliphatic heterocycles. The van der Waals surface area contributed by atoms with E-state index in [0.29, 0.717) is 12.2 Å². The van der Waals surface area contributed by atoms with Crippen molar-refractivity contribution >= 4 is 11.6 Å². The third kappa shape index (κ3) is 2.01. The number of amides is 1. The molecule has 3 N–H and O–H groups in total. The number of rotatable bonds is 2. The largest absolute Gasteiger partial charge is 0.396 e. The van der Waals surface area contributed by atoms with Gasteiger partial charge in [-0.3, -0.25) is 14.6 Å². The van der Waals surface area contributed by atoms with Crippen molar-refractivity contribution in [3.05, 3.63) is 26.5 Å². The van der Waals surface area contributed by atoms with Crippen LogP contribution < -0.4 is 16.1 Å². The van der Waals surface area contributed by atoms with Gasteiger partial charge in [-0.2, -0.15) is 0 Å². The molecule has 0 spiro atoms. The van der Waals surface area contributed by atoms with Gasteiger partial charge in [-0.25, -0.2) is 4.79 Å². The van der Waals surface area contributed by atoms with Crippen LogP contribution in [-0.4, -0.2) is 34.1 Å². The molecule has 1 atom stereocenters. The first kappa shape index (κ1) is 11.6. The Bertz CT molecular complexity index is 559. The summed E-state index contributed by atoms with van der Waals surface area (Å²) in [4.78, 5) is 40.2. The van der Waals surface area contributed by atoms with Gasteiger partial charge in [0.05, 0.1) is 0 Å². The van der Waals surface area contributed by atoms with Crippen LogP contribution in [0.25, 0.3) is 0 Å². The van der Waals surface area contributed by atoms with Gasteiger partial charge in [0.1, 0.15) is 5.69 Å². The summed E-state index contributed by atoms with van der Waals surface area (Å²) in [5, 5.41) is 9.01. The molecule has 1 unspecified atom stereocenters. The number of hydrogen-bond acceptors (Lipinski definition) is 4. The number of anilines is 1. The second-order valence-corrected chi connectivity index (χ2v) is 4.14. The van der Waals surface area contributed by atoms with Crippen LogP contribution in [0.15, 0.2) is 9.59 Å². The van der Waals surface area contributed by atoms with E-state index in [-0.39, 0.29) is 30.5 Å². The van der Waals surface area contributed by atoms with Crippen LogP contribution in [0.4, 0.5) is 5.69 Å². The van der Waals surface area contributed by atoms with Gasteiger partial charge in [0.2, 0.25) is 5.91 Å². The number of nitrogens with zero attached hydrogens (tertiary/aromatic N) is 1. The summed E-state index contributed by atoms with van der Waals surface area (Å²) in [6.45, 7) is 1.76. The van der Waals surface area contributed by atoms with Crippen molar-refractivity contribution in [1.29, 1.82) is 0 Å². The van der Waals surface area contributed by atoms with Gasteiger partial charge >= 0.3 is 5.69 Å². The van der Waals surface area contributed by atoms with E-state index in [4.69, 9.17) is 5.11 Å². The third-order valence-corrected chi connectivity index (χ3v) is 2.83. The molecule has 0 bridgehead atoms. The summed E-state index contributed by atoms with van der Waals surface area (Å²) >= 11 is 0. The molecule has 0 aliphatic carbocycles. The molecule has 1 aromatic rings. The third-order valence-electron chi connectivity index (χ3n) is 2.83. The van der Waals surface area contributed by atoms with Crippen LogP contribution >= 0.6 is 0 Å². The van der Waals surface area contributed by atoms with Gasteiger partial charge in [-0.1, -0.05) is 0 Å². The van der Waals surface area contributed by atoms with Gasteiger partial charge in [-0.15, -0.1) is 0 Å². The molecule has 1 saturated heterocycles. The van der Waals surface area contributed by atoms with E-state index in [1.54, 1.807) is 6.92 Å². The van der Waals surface area contributed by atoms with Crippen molar-refractivity contribution in [3.63, 3.8) is 0 Å². The highest BCUT2D eigenvalue weighted by molar-refractivity contribution is 5.95. The molecular formula is C10H13N3O4. The lowest BCUT2D eigenvalue weighted by Crippen LogP contribution is -2.35. The van der Waals surface area contributed by atoms with Gasteiger partial charge in [0.15, 0.2) is 0 Å². The number of aliphatic hydroxyl groups excluding tert-OH is 1. The number of aryl methyl sites for hydroxylation is 1. The first-order chi connectivity index (χ1) is 8.02. The van der Waals surface area contributed by atoms with Crippen LogP contribution in [0.1, 0.15) is 12.1 Å². The fourth-order valence-electron chi connectivity index (χ4n) is 2.04. The maximum atomic E-state index is 11.7. The molecule has 17 heavy (non-hydrogen) atoms. The second-order valence-electron chi connectivity index (χ2n) is 4.14. The molecule has 2 rings (SSSR count). The molecule has 0 radical (unpaired) electrons. The van der Waals surface area contributed by atoms with Crippen molar-refractivity contribution in [1.82, 2.24) is 9.97 Å². The summed E-state index contributed by atoms with van der Waals surface area (Å²) < 4.78 is 0.